The lowest BCUT2D eigenvalue weighted by molar-refractivity contribution is 0.0943. The number of nitrogens with zero attached hydrogens (tertiary/aromatic N) is 4. The van der Waals surface area contributed by atoms with Crippen LogP contribution in [0.4, 0.5) is 10.2 Å². The number of carbonyl (C=O) groups excluding carboxylic acids is 1. The van der Waals surface area contributed by atoms with E-state index in [1.807, 2.05) is 4.90 Å². The Kier molecular flexibility index (Phi) is 4.98. The summed E-state index contributed by atoms with van der Waals surface area (Å²) in [5.41, 5.74) is 1.17. The molecule has 0 atom stereocenters. The van der Waals surface area contributed by atoms with E-state index in [4.69, 9.17) is 0 Å². The maximum Gasteiger partial charge on any atom is 0.254 e. The summed E-state index contributed by atoms with van der Waals surface area (Å²) in [5, 5.41) is 2.95. The second-order valence-electron chi connectivity index (χ2n) is 5.97. The molecule has 1 N–H and O–H groups in total. The molecule has 0 aromatic carbocycles. The molecule has 0 aliphatic carbocycles. The number of hydrogen-bond acceptors (Lipinski definition) is 5. The van der Waals surface area contributed by atoms with E-state index in [2.05, 4.69) is 20.3 Å². The monoisotopic (exact) mass is 329 g/mol. The first-order chi connectivity index (χ1) is 11.6. The zero-order valence-corrected chi connectivity index (χ0v) is 13.6. The number of pyridine rings is 1. The third-order valence-corrected chi connectivity index (χ3v) is 4.36. The smallest absolute Gasteiger partial charge is 0.254 e. The van der Waals surface area contributed by atoms with Crippen LogP contribution >= 0.6 is 0 Å². The molecule has 6 nitrogen and oxygen atoms in total. The van der Waals surface area contributed by atoms with Crippen molar-refractivity contribution >= 4 is 11.7 Å². The molecular weight excluding hydrogens is 309 g/mol. The van der Waals surface area contributed by atoms with Crippen LogP contribution in [0.15, 0.2) is 30.9 Å². The molecule has 1 amide bonds. The molecule has 1 saturated heterocycles. The zero-order valence-electron chi connectivity index (χ0n) is 13.6. The Hall–Kier alpha value is -2.57. The number of carbonyl (C=O) groups is 1. The molecule has 7 heteroatoms. The van der Waals surface area contributed by atoms with Crippen LogP contribution in [0.2, 0.25) is 0 Å². The number of piperidine rings is 1. The molecule has 3 heterocycles. The maximum absolute atomic E-state index is 13.8. The maximum atomic E-state index is 13.8. The van der Waals surface area contributed by atoms with E-state index in [-0.39, 0.29) is 11.7 Å². The number of aryl methyl sites for hydroxylation is 1. The summed E-state index contributed by atoms with van der Waals surface area (Å²) in [7, 11) is 0. The van der Waals surface area contributed by atoms with Crippen LogP contribution in [0, 0.1) is 18.7 Å². The van der Waals surface area contributed by atoms with Crippen LogP contribution in [0.1, 0.15) is 28.9 Å². The summed E-state index contributed by atoms with van der Waals surface area (Å²) in [6.45, 7) is 3.87. The average molecular weight is 329 g/mol. The predicted molar refractivity (Wildman–Crippen MR) is 88.2 cm³/mol. The summed E-state index contributed by atoms with van der Waals surface area (Å²) in [4.78, 5) is 26.2. The third-order valence-electron chi connectivity index (χ3n) is 4.36. The van der Waals surface area contributed by atoms with E-state index < -0.39 is 0 Å². The number of amides is 1. The van der Waals surface area contributed by atoms with E-state index in [9.17, 15) is 9.18 Å². The Morgan fingerprint density at radius 1 is 1.38 bits per heavy atom. The first kappa shape index (κ1) is 16.3. The number of nitrogens with one attached hydrogen (secondary N) is 1. The van der Waals surface area contributed by atoms with E-state index in [0.717, 1.165) is 25.9 Å². The minimum absolute atomic E-state index is 0.147. The van der Waals surface area contributed by atoms with Crippen molar-refractivity contribution in [3.8, 4) is 0 Å². The summed E-state index contributed by atoms with van der Waals surface area (Å²) in [6.07, 6.45) is 6.35. The van der Waals surface area contributed by atoms with Gasteiger partial charge in [0, 0.05) is 32.0 Å². The Bertz CT molecular complexity index is 716. The summed E-state index contributed by atoms with van der Waals surface area (Å²) in [5.74, 6) is 0.356. The van der Waals surface area contributed by atoms with Crippen molar-refractivity contribution in [3.05, 3.63) is 47.9 Å². The molecule has 3 rings (SSSR count). The first-order valence-corrected chi connectivity index (χ1v) is 8.05. The van der Waals surface area contributed by atoms with Gasteiger partial charge in [-0.05, 0) is 37.8 Å². The van der Waals surface area contributed by atoms with Gasteiger partial charge in [0.15, 0.2) is 11.6 Å². The van der Waals surface area contributed by atoms with Gasteiger partial charge in [0.25, 0.3) is 5.91 Å². The standard InChI is InChI=1S/C17H20FN5O/c1-12-14(10-19-11-22-12)17(24)21-9-13-4-7-23(8-5-13)16-15(18)3-2-6-20-16/h2-3,6,10-11,13H,4-5,7-9H2,1H3,(H,21,24). The number of anilines is 1. The highest BCUT2D eigenvalue weighted by Crippen LogP contribution is 2.23. The van der Waals surface area contributed by atoms with Crippen LogP contribution in [-0.4, -0.2) is 40.5 Å². The molecule has 0 spiro atoms. The highest BCUT2D eigenvalue weighted by Gasteiger charge is 2.22. The van der Waals surface area contributed by atoms with Gasteiger partial charge in [-0.15, -0.1) is 0 Å². The van der Waals surface area contributed by atoms with E-state index in [0.29, 0.717) is 29.5 Å². The second kappa shape index (κ2) is 7.33. The Labute approximate surface area is 140 Å². The van der Waals surface area contributed by atoms with E-state index in [1.54, 1.807) is 19.2 Å². The van der Waals surface area contributed by atoms with Crippen molar-refractivity contribution in [2.45, 2.75) is 19.8 Å². The van der Waals surface area contributed by atoms with Crippen LogP contribution in [0.3, 0.4) is 0 Å². The van der Waals surface area contributed by atoms with E-state index >= 15 is 0 Å². The molecule has 126 valence electrons. The molecule has 2 aromatic rings. The fourth-order valence-corrected chi connectivity index (χ4v) is 2.90. The predicted octanol–water partition coefficient (Wildman–Crippen LogP) is 1.97. The second-order valence-corrected chi connectivity index (χ2v) is 5.97. The summed E-state index contributed by atoms with van der Waals surface area (Å²) < 4.78 is 13.8. The number of aromatic nitrogens is 3. The van der Waals surface area contributed by atoms with Gasteiger partial charge in [0.05, 0.1) is 11.3 Å². The van der Waals surface area contributed by atoms with Gasteiger partial charge in [-0.2, -0.15) is 0 Å². The molecule has 0 saturated carbocycles. The minimum atomic E-state index is -0.288. The molecule has 2 aromatic heterocycles. The lowest BCUT2D eigenvalue weighted by Crippen LogP contribution is -2.39. The topological polar surface area (TPSA) is 71.0 Å². The van der Waals surface area contributed by atoms with Crippen LogP contribution in [0.25, 0.3) is 0 Å². The van der Waals surface area contributed by atoms with Crippen molar-refractivity contribution in [2.24, 2.45) is 5.92 Å². The van der Waals surface area contributed by atoms with Crippen LogP contribution in [0.5, 0.6) is 0 Å². The molecule has 0 bridgehead atoms. The largest absolute Gasteiger partial charge is 0.354 e. The van der Waals surface area contributed by atoms with Crippen LogP contribution < -0.4 is 10.2 Å². The first-order valence-electron chi connectivity index (χ1n) is 8.05. The van der Waals surface area contributed by atoms with Gasteiger partial charge in [-0.1, -0.05) is 0 Å². The van der Waals surface area contributed by atoms with Crippen molar-refractivity contribution < 1.29 is 9.18 Å². The normalized spacial score (nSPS) is 15.3. The van der Waals surface area contributed by atoms with Crippen LogP contribution in [-0.2, 0) is 0 Å². The SMILES string of the molecule is Cc1ncncc1C(=O)NCC1CCN(c2ncccc2F)CC1. The highest BCUT2D eigenvalue weighted by molar-refractivity contribution is 5.94. The number of rotatable bonds is 4. The van der Waals surface area contributed by atoms with Gasteiger partial charge in [0.1, 0.15) is 6.33 Å². The van der Waals surface area contributed by atoms with Crippen molar-refractivity contribution in [3.63, 3.8) is 0 Å². The zero-order chi connectivity index (χ0) is 16.9. The number of halogens is 1. The average Bonchev–Trinajstić information content (AvgIpc) is 2.61. The molecular formula is C17H20FN5O. The van der Waals surface area contributed by atoms with E-state index in [1.165, 1.54) is 18.6 Å². The van der Waals surface area contributed by atoms with Crippen molar-refractivity contribution in [1.82, 2.24) is 20.3 Å². The van der Waals surface area contributed by atoms with Crippen molar-refractivity contribution in [1.29, 1.82) is 0 Å². The molecule has 0 unspecified atom stereocenters. The summed E-state index contributed by atoms with van der Waals surface area (Å²) >= 11 is 0. The van der Waals surface area contributed by atoms with Gasteiger partial charge < -0.3 is 10.2 Å². The molecule has 1 fully saturated rings. The lowest BCUT2D eigenvalue weighted by Gasteiger charge is -2.32. The van der Waals surface area contributed by atoms with Gasteiger partial charge in [-0.25, -0.2) is 19.3 Å². The van der Waals surface area contributed by atoms with Gasteiger partial charge >= 0.3 is 0 Å². The van der Waals surface area contributed by atoms with Gasteiger partial charge in [0.2, 0.25) is 0 Å². The fraction of sp³-hybridized carbons (Fsp3) is 0.412. The van der Waals surface area contributed by atoms with Gasteiger partial charge in [-0.3, -0.25) is 4.79 Å². The molecule has 0 radical (unpaired) electrons. The lowest BCUT2D eigenvalue weighted by atomic mass is 9.96. The van der Waals surface area contributed by atoms with Crippen molar-refractivity contribution in [2.75, 3.05) is 24.5 Å². The molecule has 1 aliphatic heterocycles. The summed E-state index contributed by atoms with van der Waals surface area (Å²) in [6, 6.07) is 3.02. The quantitative estimate of drug-likeness (QED) is 0.928. The third kappa shape index (κ3) is 3.67. The Morgan fingerprint density at radius 3 is 2.88 bits per heavy atom. The minimum Gasteiger partial charge on any atom is -0.354 e. The highest BCUT2D eigenvalue weighted by atomic mass is 19.1. The Balaban J connectivity index is 1.50. The Morgan fingerprint density at radius 2 is 2.17 bits per heavy atom. The molecule has 1 aliphatic rings. The fourth-order valence-electron chi connectivity index (χ4n) is 2.90. The number of hydrogen-bond donors (Lipinski definition) is 1. The molecule has 24 heavy (non-hydrogen) atoms.